The summed E-state index contributed by atoms with van der Waals surface area (Å²) in [4.78, 5) is 60.1. The third-order valence-corrected chi connectivity index (χ3v) is 8.68. The minimum atomic E-state index is -1.12. The standard InChI is InChI=1S/C28H25N3O7S/c1-2-37-28(34)21-19-10-6-7-11-20(19)39-27(21)29-25(32)22-23(16-12-14-18(15-13-16)31(35)36)30(38-24(22)26(29)33)17-8-4-3-5-9-17/h3-5,8-9,12-15,22-24H,2,6-7,10-11H2,1H3/t22-,23+,24-/m0/s1. The molecule has 3 heterocycles. The number of rotatable bonds is 6. The summed E-state index contributed by atoms with van der Waals surface area (Å²) in [6, 6.07) is 14.3. The van der Waals surface area contributed by atoms with E-state index in [4.69, 9.17) is 9.57 Å². The van der Waals surface area contributed by atoms with Gasteiger partial charge in [-0.3, -0.25) is 24.5 Å². The van der Waals surface area contributed by atoms with E-state index in [-0.39, 0.29) is 12.3 Å². The van der Waals surface area contributed by atoms with Crippen LogP contribution < -0.4 is 9.96 Å². The highest BCUT2D eigenvalue weighted by Gasteiger charge is 2.61. The Balaban J connectivity index is 1.43. The van der Waals surface area contributed by atoms with E-state index in [0.717, 1.165) is 34.6 Å². The summed E-state index contributed by atoms with van der Waals surface area (Å²) >= 11 is 1.30. The number of imide groups is 1. The Morgan fingerprint density at radius 2 is 1.79 bits per heavy atom. The van der Waals surface area contributed by atoms with Gasteiger partial charge < -0.3 is 4.74 Å². The Morgan fingerprint density at radius 1 is 1.08 bits per heavy atom. The molecule has 0 radical (unpaired) electrons. The lowest BCUT2D eigenvalue weighted by molar-refractivity contribution is -0.384. The highest BCUT2D eigenvalue weighted by atomic mass is 32.1. The molecule has 200 valence electrons. The van der Waals surface area contributed by atoms with Crippen LogP contribution in [-0.4, -0.2) is 35.4 Å². The van der Waals surface area contributed by atoms with E-state index >= 15 is 0 Å². The number of carbonyl (C=O) groups is 3. The van der Waals surface area contributed by atoms with Gasteiger partial charge in [-0.05, 0) is 55.9 Å². The predicted octanol–water partition coefficient (Wildman–Crippen LogP) is 4.76. The first-order valence-electron chi connectivity index (χ1n) is 12.9. The summed E-state index contributed by atoms with van der Waals surface area (Å²) in [6.45, 7) is 1.89. The first kappa shape index (κ1) is 25.2. The van der Waals surface area contributed by atoms with Crippen LogP contribution in [0.1, 0.15) is 52.2 Å². The topological polar surface area (TPSA) is 119 Å². The van der Waals surface area contributed by atoms with Gasteiger partial charge in [-0.1, -0.05) is 30.3 Å². The van der Waals surface area contributed by atoms with Gasteiger partial charge in [0.2, 0.25) is 5.91 Å². The predicted molar refractivity (Wildman–Crippen MR) is 143 cm³/mol. The molecule has 3 atom stereocenters. The number of hydrogen-bond acceptors (Lipinski definition) is 9. The number of anilines is 2. The molecule has 3 aliphatic rings. The van der Waals surface area contributed by atoms with Gasteiger partial charge in [-0.15, -0.1) is 11.3 Å². The number of thiophene rings is 1. The third kappa shape index (κ3) is 4.09. The van der Waals surface area contributed by atoms with Crippen molar-refractivity contribution in [3.8, 4) is 0 Å². The molecule has 1 aromatic heterocycles. The number of nitro benzene ring substituents is 1. The van der Waals surface area contributed by atoms with Gasteiger partial charge in [0.25, 0.3) is 11.6 Å². The Kier molecular flexibility index (Phi) is 6.40. The van der Waals surface area contributed by atoms with Crippen molar-refractivity contribution < 1.29 is 28.9 Å². The van der Waals surface area contributed by atoms with Crippen LogP contribution in [0.25, 0.3) is 0 Å². The molecule has 3 aromatic rings. The fourth-order valence-electron chi connectivity index (χ4n) is 5.67. The molecular weight excluding hydrogens is 522 g/mol. The lowest BCUT2D eigenvalue weighted by Gasteiger charge is -2.28. The van der Waals surface area contributed by atoms with Crippen molar-refractivity contribution in [2.45, 2.75) is 44.8 Å². The van der Waals surface area contributed by atoms with E-state index < -0.39 is 40.8 Å². The van der Waals surface area contributed by atoms with Crippen LogP contribution in [0, 0.1) is 16.0 Å². The van der Waals surface area contributed by atoms with E-state index in [2.05, 4.69) is 0 Å². The van der Waals surface area contributed by atoms with E-state index in [0.29, 0.717) is 28.2 Å². The molecule has 0 spiro atoms. The molecule has 6 rings (SSSR count). The summed E-state index contributed by atoms with van der Waals surface area (Å²) in [5, 5.41) is 13.1. The van der Waals surface area contributed by atoms with E-state index in [1.165, 1.54) is 28.5 Å². The second kappa shape index (κ2) is 9.90. The Morgan fingerprint density at radius 3 is 2.49 bits per heavy atom. The molecule has 39 heavy (non-hydrogen) atoms. The minimum absolute atomic E-state index is 0.0841. The van der Waals surface area contributed by atoms with Gasteiger partial charge in [-0.2, -0.15) is 0 Å². The Labute approximate surface area is 227 Å². The van der Waals surface area contributed by atoms with Crippen molar-refractivity contribution in [1.82, 2.24) is 0 Å². The number of aryl methyl sites for hydroxylation is 1. The molecule has 0 N–H and O–H groups in total. The zero-order valence-electron chi connectivity index (χ0n) is 21.1. The smallest absolute Gasteiger partial charge is 0.341 e. The van der Waals surface area contributed by atoms with E-state index in [9.17, 15) is 24.5 Å². The SMILES string of the molecule is CCOC(=O)c1c(N2C(=O)[C@@H]3[C@H](ON(c4ccccc4)[C@@H]3c3ccc([N+](=O)[O-])cc3)C2=O)sc2c1CCCC2. The average molecular weight is 548 g/mol. The molecule has 0 saturated carbocycles. The molecule has 2 saturated heterocycles. The summed E-state index contributed by atoms with van der Waals surface area (Å²) in [5.74, 6) is -2.48. The van der Waals surface area contributed by atoms with E-state index in [1.54, 1.807) is 31.2 Å². The number of para-hydroxylation sites is 1. The van der Waals surface area contributed by atoms with Crippen LogP contribution in [0.2, 0.25) is 0 Å². The minimum Gasteiger partial charge on any atom is -0.462 e. The molecular formula is C28H25N3O7S. The quantitative estimate of drug-likeness (QED) is 0.188. The van der Waals surface area contributed by atoms with Crippen LogP contribution >= 0.6 is 11.3 Å². The van der Waals surface area contributed by atoms with Crippen molar-refractivity contribution >= 4 is 45.5 Å². The number of hydroxylamine groups is 1. The second-order valence-electron chi connectivity index (χ2n) is 9.63. The van der Waals surface area contributed by atoms with Gasteiger partial charge in [-0.25, -0.2) is 14.8 Å². The van der Waals surface area contributed by atoms with Gasteiger partial charge in [0.15, 0.2) is 6.10 Å². The monoisotopic (exact) mass is 547 g/mol. The average Bonchev–Trinajstić information content (AvgIpc) is 3.59. The van der Waals surface area contributed by atoms with Crippen molar-refractivity contribution in [2.75, 3.05) is 16.6 Å². The number of hydrogen-bond donors (Lipinski definition) is 0. The summed E-state index contributed by atoms with van der Waals surface area (Å²) < 4.78 is 5.34. The van der Waals surface area contributed by atoms with Crippen LogP contribution in [0.3, 0.4) is 0 Å². The zero-order chi connectivity index (χ0) is 27.3. The molecule has 2 amide bonds. The normalized spacial score (nSPS) is 22.1. The van der Waals surface area contributed by atoms with Crippen LogP contribution in [0.5, 0.6) is 0 Å². The molecule has 0 unspecified atom stereocenters. The largest absolute Gasteiger partial charge is 0.462 e. The number of nitrogens with zero attached hydrogens (tertiary/aromatic N) is 3. The fourth-order valence-corrected chi connectivity index (χ4v) is 7.06. The van der Waals surface area contributed by atoms with Crippen LogP contribution in [0.15, 0.2) is 54.6 Å². The Hall–Kier alpha value is -4.09. The maximum absolute atomic E-state index is 14.1. The van der Waals surface area contributed by atoms with Gasteiger partial charge in [0, 0.05) is 17.0 Å². The summed E-state index contributed by atoms with van der Waals surface area (Å²) in [7, 11) is 0. The van der Waals surface area contributed by atoms with Crippen molar-refractivity contribution in [2.24, 2.45) is 5.92 Å². The maximum atomic E-state index is 14.1. The van der Waals surface area contributed by atoms with Crippen molar-refractivity contribution in [3.05, 3.63) is 86.3 Å². The second-order valence-corrected chi connectivity index (χ2v) is 10.7. The number of carbonyl (C=O) groups excluding carboxylic acids is 3. The van der Waals surface area contributed by atoms with E-state index in [1.807, 2.05) is 18.2 Å². The highest BCUT2D eigenvalue weighted by molar-refractivity contribution is 7.17. The molecule has 10 nitrogen and oxygen atoms in total. The van der Waals surface area contributed by atoms with Crippen LogP contribution in [0.4, 0.5) is 16.4 Å². The molecule has 2 aliphatic heterocycles. The number of non-ortho nitro benzene ring substituents is 1. The van der Waals surface area contributed by atoms with Gasteiger partial charge >= 0.3 is 5.97 Å². The van der Waals surface area contributed by atoms with Gasteiger partial charge in [0.1, 0.15) is 10.9 Å². The summed E-state index contributed by atoms with van der Waals surface area (Å²) in [5.41, 5.74) is 2.30. The lowest BCUT2D eigenvalue weighted by Crippen LogP contribution is -2.37. The summed E-state index contributed by atoms with van der Waals surface area (Å²) in [6.07, 6.45) is 2.23. The first-order chi connectivity index (χ1) is 18.9. The number of esters is 1. The molecule has 0 bridgehead atoms. The number of ether oxygens (including phenoxy) is 1. The molecule has 11 heteroatoms. The first-order valence-corrected chi connectivity index (χ1v) is 13.7. The van der Waals surface area contributed by atoms with Crippen molar-refractivity contribution in [3.63, 3.8) is 0 Å². The van der Waals surface area contributed by atoms with Crippen molar-refractivity contribution in [1.29, 1.82) is 0 Å². The number of amides is 2. The molecule has 1 aliphatic carbocycles. The Bertz CT molecular complexity index is 1470. The maximum Gasteiger partial charge on any atom is 0.341 e. The number of fused-ring (bicyclic) bond motifs is 2. The number of nitro groups is 1. The third-order valence-electron chi connectivity index (χ3n) is 7.41. The fraction of sp³-hybridized carbons (Fsp3) is 0.321. The number of benzene rings is 2. The van der Waals surface area contributed by atoms with Crippen LogP contribution in [-0.2, 0) is 32.0 Å². The highest BCUT2D eigenvalue weighted by Crippen LogP contribution is 2.50. The molecule has 2 aromatic carbocycles. The zero-order valence-corrected chi connectivity index (χ0v) is 21.9. The molecule has 2 fully saturated rings. The van der Waals surface area contributed by atoms with Gasteiger partial charge in [0.05, 0.1) is 28.8 Å². The lowest BCUT2D eigenvalue weighted by atomic mass is 9.90.